The Hall–Kier alpha value is -3.04. The minimum absolute atomic E-state index is 0.251. The summed E-state index contributed by atoms with van der Waals surface area (Å²) < 4.78 is 27.2. The number of urea groups is 1. The van der Waals surface area contributed by atoms with Crippen molar-refractivity contribution in [2.24, 2.45) is 0 Å². The van der Waals surface area contributed by atoms with E-state index in [4.69, 9.17) is 0 Å². The van der Waals surface area contributed by atoms with E-state index in [0.717, 1.165) is 22.5 Å². The van der Waals surface area contributed by atoms with E-state index in [1.165, 1.54) is 0 Å². The number of rotatable bonds is 4. The summed E-state index contributed by atoms with van der Waals surface area (Å²) in [6.07, 6.45) is 7.39. The Balaban J connectivity index is 1.40. The molecule has 3 heterocycles. The van der Waals surface area contributed by atoms with Crippen molar-refractivity contribution in [1.29, 1.82) is 0 Å². The van der Waals surface area contributed by atoms with Gasteiger partial charge in [0.2, 0.25) is 0 Å². The Morgan fingerprint density at radius 1 is 1.15 bits per heavy atom. The quantitative estimate of drug-likeness (QED) is 0.735. The summed E-state index contributed by atoms with van der Waals surface area (Å²) in [6.45, 7) is 0.497. The summed E-state index contributed by atoms with van der Waals surface area (Å²) in [5, 5.41) is 7.52. The predicted molar refractivity (Wildman–Crippen MR) is 106 cm³/mol. The lowest BCUT2D eigenvalue weighted by molar-refractivity contribution is 0.233. The molecule has 0 unspecified atom stereocenters. The molecule has 0 spiro atoms. The van der Waals surface area contributed by atoms with Crippen LogP contribution in [0.4, 0.5) is 16.2 Å². The first kappa shape index (κ1) is 17.4. The highest BCUT2D eigenvalue weighted by Gasteiger charge is 2.23. The number of carbonyl (C=O) groups excluding carboxylic acids is 1. The Labute approximate surface area is 160 Å². The van der Waals surface area contributed by atoms with E-state index in [0.29, 0.717) is 17.9 Å². The zero-order valence-electron chi connectivity index (χ0n) is 14.0. The summed E-state index contributed by atoms with van der Waals surface area (Å²) in [7, 11) is -3.58. The van der Waals surface area contributed by atoms with Crippen molar-refractivity contribution < 1.29 is 13.2 Å². The number of nitrogens with one attached hydrogen (secondary N) is 3. The molecule has 0 atom stereocenters. The van der Waals surface area contributed by atoms with Crippen molar-refractivity contribution >= 4 is 38.8 Å². The van der Waals surface area contributed by atoms with E-state index in [2.05, 4.69) is 15.4 Å². The number of carbonyl (C=O) groups is 1. The largest absolute Gasteiger partial charge is 0.367 e. The Kier molecular flexibility index (Phi) is 4.46. The van der Waals surface area contributed by atoms with Crippen molar-refractivity contribution in [1.82, 2.24) is 10.2 Å². The molecular formula is C18H16N4O3S2. The van der Waals surface area contributed by atoms with Crippen molar-refractivity contribution in [3.05, 3.63) is 77.6 Å². The number of nitrogens with zero attached hydrogens (tertiary/aromatic N) is 1. The van der Waals surface area contributed by atoms with Crippen LogP contribution >= 0.6 is 11.3 Å². The summed E-state index contributed by atoms with van der Waals surface area (Å²) in [6, 6.07) is 9.50. The minimum atomic E-state index is -3.58. The van der Waals surface area contributed by atoms with Crippen molar-refractivity contribution in [2.45, 2.75) is 4.21 Å². The molecule has 7 nitrogen and oxygen atoms in total. The van der Waals surface area contributed by atoms with Gasteiger partial charge in [-0.25, -0.2) is 13.2 Å². The van der Waals surface area contributed by atoms with Gasteiger partial charge in [0.25, 0.3) is 10.0 Å². The Bertz CT molecular complexity index is 1050. The van der Waals surface area contributed by atoms with Crippen LogP contribution in [0.2, 0.25) is 0 Å². The van der Waals surface area contributed by atoms with Crippen LogP contribution < -0.4 is 15.4 Å². The molecule has 0 aliphatic carbocycles. The molecule has 3 N–H and O–H groups in total. The third-order valence-corrected chi connectivity index (χ3v) is 6.81. The Morgan fingerprint density at radius 3 is 2.63 bits per heavy atom. The van der Waals surface area contributed by atoms with E-state index in [-0.39, 0.29) is 10.2 Å². The summed E-state index contributed by atoms with van der Waals surface area (Å²) in [4.78, 5) is 14.0. The lowest BCUT2D eigenvalue weighted by Gasteiger charge is -2.15. The highest BCUT2D eigenvalue weighted by atomic mass is 32.2. The van der Waals surface area contributed by atoms with Crippen LogP contribution in [-0.2, 0) is 10.0 Å². The SMILES string of the molecule is O=C(Nc1ccc(NS(=O)(=O)c2cccs2)cc1)N1C=C2C=CNC=C2C1. The van der Waals surface area contributed by atoms with Crippen LogP contribution in [-0.4, -0.2) is 25.9 Å². The van der Waals surface area contributed by atoms with E-state index >= 15 is 0 Å². The van der Waals surface area contributed by atoms with Gasteiger partial charge in [-0.1, -0.05) is 6.07 Å². The van der Waals surface area contributed by atoms with Crippen LogP contribution in [0.15, 0.2) is 81.8 Å². The molecule has 0 fully saturated rings. The number of sulfonamides is 1. The summed E-state index contributed by atoms with van der Waals surface area (Å²) in [5.74, 6) is 0. The van der Waals surface area contributed by atoms with Gasteiger partial charge >= 0.3 is 6.03 Å². The van der Waals surface area contributed by atoms with Crippen LogP contribution in [0.1, 0.15) is 0 Å². The third-order valence-electron chi connectivity index (χ3n) is 4.03. The molecular weight excluding hydrogens is 384 g/mol. The van der Waals surface area contributed by atoms with Crippen LogP contribution in [0.5, 0.6) is 0 Å². The summed E-state index contributed by atoms with van der Waals surface area (Å²) >= 11 is 1.15. The zero-order valence-corrected chi connectivity index (χ0v) is 15.7. The van der Waals surface area contributed by atoms with Gasteiger partial charge < -0.3 is 10.6 Å². The number of anilines is 2. The third kappa shape index (κ3) is 3.74. The number of thiophene rings is 1. The fourth-order valence-electron chi connectivity index (χ4n) is 2.71. The monoisotopic (exact) mass is 400 g/mol. The number of amides is 2. The topological polar surface area (TPSA) is 90.5 Å². The molecule has 0 bridgehead atoms. The van der Waals surface area contributed by atoms with E-state index in [9.17, 15) is 13.2 Å². The van der Waals surface area contributed by atoms with Crippen molar-refractivity contribution in [3.8, 4) is 0 Å². The second-order valence-electron chi connectivity index (χ2n) is 5.93. The number of dihydropyridines is 1. The molecule has 2 aromatic rings. The second kappa shape index (κ2) is 6.93. The van der Waals surface area contributed by atoms with Gasteiger partial charge in [-0.15, -0.1) is 11.3 Å². The molecule has 9 heteroatoms. The smallest absolute Gasteiger partial charge is 0.326 e. The molecule has 2 aliphatic heterocycles. The number of hydrogen-bond acceptors (Lipinski definition) is 5. The average Bonchev–Trinajstić information content (AvgIpc) is 3.33. The van der Waals surface area contributed by atoms with Gasteiger partial charge in [0.1, 0.15) is 4.21 Å². The van der Waals surface area contributed by atoms with E-state index < -0.39 is 10.0 Å². The lowest BCUT2D eigenvalue weighted by Crippen LogP contribution is -2.29. The molecule has 2 amide bonds. The number of allylic oxidation sites excluding steroid dienone is 1. The molecule has 4 rings (SSSR count). The van der Waals surface area contributed by atoms with Gasteiger partial charge in [0.15, 0.2) is 0 Å². The maximum atomic E-state index is 12.4. The van der Waals surface area contributed by atoms with Gasteiger partial charge in [-0.05, 0) is 52.9 Å². The minimum Gasteiger partial charge on any atom is -0.367 e. The van der Waals surface area contributed by atoms with Gasteiger partial charge in [0, 0.05) is 30.0 Å². The van der Waals surface area contributed by atoms with E-state index in [1.807, 2.05) is 18.5 Å². The van der Waals surface area contributed by atoms with Gasteiger partial charge in [0.05, 0.1) is 6.54 Å². The Morgan fingerprint density at radius 2 is 1.93 bits per heavy atom. The first-order valence-corrected chi connectivity index (χ1v) is 10.5. The standard InChI is InChI=1S/C18H16N4O3S2/c23-18(22-11-13-7-8-19-10-14(13)12-22)20-15-3-5-16(6-4-15)21-27(24,25)17-2-1-9-26-17/h1-11,19,21H,12H2,(H,20,23). The summed E-state index contributed by atoms with van der Waals surface area (Å²) in [5.41, 5.74) is 3.06. The zero-order chi connectivity index (χ0) is 18.9. The van der Waals surface area contributed by atoms with Crippen LogP contribution in [0, 0.1) is 0 Å². The number of benzene rings is 1. The first-order valence-electron chi connectivity index (χ1n) is 8.09. The number of hydrogen-bond donors (Lipinski definition) is 3. The van der Waals surface area contributed by atoms with Gasteiger partial charge in [-0.2, -0.15) is 0 Å². The van der Waals surface area contributed by atoms with Crippen molar-refractivity contribution in [3.63, 3.8) is 0 Å². The average molecular weight is 400 g/mol. The van der Waals surface area contributed by atoms with E-state index in [1.54, 1.807) is 52.9 Å². The molecule has 2 aliphatic rings. The lowest BCUT2D eigenvalue weighted by atomic mass is 10.1. The fourth-order valence-corrected chi connectivity index (χ4v) is 4.76. The maximum Gasteiger partial charge on any atom is 0.326 e. The van der Waals surface area contributed by atoms with Crippen LogP contribution in [0.25, 0.3) is 0 Å². The normalized spacial score (nSPS) is 15.5. The molecule has 0 radical (unpaired) electrons. The molecule has 1 aromatic carbocycles. The fraction of sp³-hybridized carbons (Fsp3) is 0.0556. The highest BCUT2D eigenvalue weighted by molar-refractivity contribution is 7.94. The van der Waals surface area contributed by atoms with Crippen LogP contribution in [0.3, 0.4) is 0 Å². The maximum absolute atomic E-state index is 12.4. The highest BCUT2D eigenvalue weighted by Crippen LogP contribution is 2.25. The molecule has 27 heavy (non-hydrogen) atoms. The second-order valence-corrected chi connectivity index (χ2v) is 8.78. The molecule has 1 aromatic heterocycles. The van der Waals surface area contributed by atoms with Gasteiger partial charge in [-0.3, -0.25) is 9.62 Å². The number of fused-ring (bicyclic) bond motifs is 1. The first-order chi connectivity index (χ1) is 13.0. The molecule has 138 valence electrons. The predicted octanol–water partition coefficient (Wildman–Crippen LogP) is 3.28. The van der Waals surface area contributed by atoms with Crippen molar-refractivity contribution in [2.75, 3.05) is 16.6 Å². The molecule has 0 saturated carbocycles. The molecule has 0 saturated heterocycles.